The molecule has 0 aliphatic carbocycles. The lowest BCUT2D eigenvalue weighted by molar-refractivity contribution is 0.299. The topological polar surface area (TPSA) is 36.4 Å². The Bertz CT molecular complexity index is 291. The maximum Gasteiger partial charge on any atom is 0.214 e. The van der Waals surface area contributed by atoms with Gasteiger partial charge in [0.2, 0.25) is 5.95 Å². The largest absolute Gasteiger partial charge is 0.395 e. The first kappa shape index (κ1) is 10.9. The molecule has 0 unspecified atom stereocenters. The summed E-state index contributed by atoms with van der Waals surface area (Å²) in [6.07, 6.45) is 1.43. The number of nitrogens with zero attached hydrogens (tertiary/aromatic N) is 2. The summed E-state index contributed by atoms with van der Waals surface area (Å²) in [5, 5.41) is 8.87. The van der Waals surface area contributed by atoms with Crippen LogP contribution in [0, 0.1) is 5.95 Å². The highest BCUT2D eigenvalue weighted by Gasteiger charge is 2.10. The summed E-state index contributed by atoms with van der Waals surface area (Å²) in [5.74, 6) is -0.494. The van der Waals surface area contributed by atoms with E-state index in [1.54, 1.807) is 6.07 Å². The van der Waals surface area contributed by atoms with Crippen LogP contribution in [0.1, 0.15) is 13.8 Å². The van der Waals surface area contributed by atoms with Gasteiger partial charge in [0, 0.05) is 30.5 Å². The number of hydrogen-bond donors (Lipinski definition) is 1. The molecular formula is C10H15FN2O. The van der Waals surface area contributed by atoms with Crippen molar-refractivity contribution in [1.29, 1.82) is 0 Å². The molecular weight excluding hydrogens is 183 g/mol. The first-order valence-electron chi connectivity index (χ1n) is 4.64. The third-order valence-electron chi connectivity index (χ3n) is 2.01. The molecule has 3 nitrogen and oxygen atoms in total. The number of rotatable bonds is 4. The Balaban J connectivity index is 2.87. The summed E-state index contributed by atoms with van der Waals surface area (Å²) in [4.78, 5) is 5.41. The highest BCUT2D eigenvalue weighted by molar-refractivity contribution is 5.45. The zero-order valence-electron chi connectivity index (χ0n) is 8.44. The molecule has 0 aliphatic rings. The first-order chi connectivity index (χ1) is 6.65. The van der Waals surface area contributed by atoms with Crippen LogP contribution < -0.4 is 4.90 Å². The van der Waals surface area contributed by atoms with Crippen molar-refractivity contribution < 1.29 is 9.50 Å². The number of halogens is 1. The number of anilines is 1. The lowest BCUT2D eigenvalue weighted by Gasteiger charge is -2.27. The molecule has 0 saturated carbocycles. The van der Waals surface area contributed by atoms with Crippen LogP contribution in [-0.2, 0) is 0 Å². The van der Waals surface area contributed by atoms with Gasteiger partial charge in [0.05, 0.1) is 6.61 Å². The average molecular weight is 198 g/mol. The van der Waals surface area contributed by atoms with Gasteiger partial charge in [0.1, 0.15) is 0 Å². The summed E-state index contributed by atoms with van der Waals surface area (Å²) >= 11 is 0. The Labute approximate surface area is 83.2 Å². The second-order valence-corrected chi connectivity index (χ2v) is 3.35. The minimum Gasteiger partial charge on any atom is -0.395 e. The van der Waals surface area contributed by atoms with Gasteiger partial charge in [-0.3, -0.25) is 0 Å². The van der Waals surface area contributed by atoms with Gasteiger partial charge in [-0.05, 0) is 19.9 Å². The SMILES string of the molecule is CC(C)N(CCO)c1ccnc(F)c1. The van der Waals surface area contributed by atoms with Crippen LogP contribution in [0.15, 0.2) is 18.3 Å². The van der Waals surface area contributed by atoms with Gasteiger partial charge in [-0.2, -0.15) is 4.39 Å². The zero-order valence-corrected chi connectivity index (χ0v) is 8.44. The zero-order chi connectivity index (χ0) is 10.6. The molecule has 1 heterocycles. The second-order valence-electron chi connectivity index (χ2n) is 3.35. The highest BCUT2D eigenvalue weighted by Crippen LogP contribution is 2.16. The van der Waals surface area contributed by atoms with Gasteiger partial charge >= 0.3 is 0 Å². The molecule has 0 radical (unpaired) electrons. The molecule has 14 heavy (non-hydrogen) atoms. The van der Waals surface area contributed by atoms with Gasteiger partial charge in [0.25, 0.3) is 0 Å². The van der Waals surface area contributed by atoms with E-state index in [9.17, 15) is 4.39 Å². The van der Waals surface area contributed by atoms with Crippen LogP contribution in [0.4, 0.5) is 10.1 Å². The van der Waals surface area contributed by atoms with E-state index in [1.807, 2.05) is 18.7 Å². The van der Waals surface area contributed by atoms with Crippen molar-refractivity contribution in [3.63, 3.8) is 0 Å². The summed E-state index contributed by atoms with van der Waals surface area (Å²) in [7, 11) is 0. The Morgan fingerprint density at radius 2 is 2.29 bits per heavy atom. The molecule has 0 aromatic carbocycles. The van der Waals surface area contributed by atoms with E-state index in [1.165, 1.54) is 12.3 Å². The Hall–Kier alpha value is -1.16. The summed E-state index contributed by atoms with van der Waals surface area (Å²) in [6, 6.07) is 3.33. The summed E-state index contributed by atoms with van der Waals surface area (Å²) in [5.41, 5.74) is 0.751. The fraction of sp³-hybridized carbons (Fsp3) is 0.500. The van der Waals surface area contributed by atoms with Crippen molar-refractivity contribution in [2.24, 2.45) is 0 Å². The fourth-order valence-electron chi connectivity index (χ4n) is 1.36. The van der Waals surface area contributed by atoms with Gasteiger partial charge in [-0.15, -0.1) is 0 Å². The normalized spacial score (nSPS) is 10.6. The quantitative estimate of drug-likeness (QED) is 0.743. The third-order valence-corrected chi connectivity index (χ3v) is 2.01. The van der Waals surface area contributed by atoms with Crippen molar-refractivity contribution in [1.82, 2.24) is 4.98 Å². The van der Waals surface area contributed by atoms with E-state index < -0.39 is 5.95 Å². The van der Waals surface area contributed by atoms with Gasteiger partial charge < -0.3 is 10.0 Å². The van der Waals surface area contributed by atoms with Gasteiger partial charge in [0.15, 0.2) is 0 Å². The summed E-state index contributed by atoms with van der Waals surface area (Å²) in [6.45, 7) is 4.55. The molecule has 0 aliphatic heterocycles. The van der Waals surface area contributed by atoms with Gasteiger partial charge in [-0.25, -0.2) is 4.98 Å². The Kier molecular flexibility index (Phi) is 3.83. The molecule has 0 saturated heterocycles. The molecule has 0 bridgehead atoms. The molecule has 1 N–H and O–H groups in total. The fourth-order valence-corrected chi connectivity index (χ4v) is 1.36. The molecule has 1 aromatic heterocycles. The van der Waals surface area contributed by atoms with Crippen molar-refractivity contribution in [3.8, 4) is 0 Å². The maximum absolute atomic E-state index is 12.8. The average Bonchev–Trinajstić information content (AvgIpc) is 2.13. The van der Waals surface area contributed by atoms with Crippen molar-refractivity contribution >= 4 is 5.69 Å². The van der Waals surface area contributed by atoms with Crippen molar-refractivity contribution in [2.45, 2.75) is 19.9 Å². The van der Waals surface area contributed by atoms with Crippen LogP contribution in [-0.4, -0.2) is 29.3 Å². The first-order valence-corrected chi connectivity index (χ1v) is 4.64. The molecule has 0 fully saturated rings. The molecule has 1 rings (SSSR count). The van der Waals surface area contributed by atoms with Crippen LogP contribution in [0.25, 0.3) is 0 Å². The standard InChI is InChI=1S/C10H15FN2O/c1-8(2)13(5-6-14)9-3-4-12-10(11)7-9/h3-4,7-8,14H,5-6H2,1-2H3. The number of pyridine rings is 1. The van der Waals surface area contributed by atoms with Crippen LogP contribution in [0.2, 0.25) is 0 Å². The van der Waals surface area contributed by atoms with Crippen LogP contribution >= 0.6 is 0 Å². The number of aromatic nitrogens is 1. The van der Waals surface area contributed by atoms with E-state index in [0.717, 1.165) is 5.69 Å². The van der Waals surface area contributed by atoms with Crippen molar-refractivity contribution in [3.05, 3.63) is 24.3 Å². The molecule has 4 heteroatoms. The lowest BCUT2D eigenvalue weighted by atomic mass is 10.2. The minimum absolute atomic E-state index is 0.0577. The Morgan fingerprint density at radius 3 is 2.79 bits per heavy atom. The second kappa shape index (κ2) is 4.91. The highest BCUT2D eigenvalue weighted by atomic mass is 19.1. The third kappa shape index (κ3) is 2.67. The minimum atomic E-state index is -0.494. The van der Waals surface area contributed by atoms with Crippen molar-refractivity contribution in [2.75, 3.05) is 18.1 Å². The van der Waals surface area contributed by atoms with E-state index in [-0.39, 0.29) is 12.6 Å². The molecule has 0 atom stereocenters. The van der Waals surface area contributed by atoms with Gasteiger partial charge in [-0.1, -0.05) is 0 Å². The Morgan fingerprint density at radius 1 is 1.57 bits per heavy atom. The molecule has 0 amide bonds. The van der Waals surface area contributed by atoms with E-state index in [0.29, 0.717) is 6.54 Å². The number of aliphatic hydroxyl groups excluding tert-OH is 1. The predicted molar refractivity (Wildman–Crippen MR) is 53.8 cm³/mol. The monoisotopic (exact) mass is 198 g/mol. The predicted octanol–water partition coefficient (Wildman–Crippen LogP) is 1.43. The lowest BCUT2D eigenvalue weighted by Crippen LogP contribution is -2.33. The number of hydrogen-bond acceptors (Lipinski definition) is 3. The molecule has 0 spiro atoms. The smallest absolute Gasteiger partial charge is 0.214 e. The maximum atomic E-state index is 12.8. The van der Waals surface area contributed by atoms with E-state index in [2.05, 4.69) is 4.98 Å². The molecule has 1 aromatic rings. The van der Waals surface area contributed by atoms with E-state index in [4.69, 9.17) is 5.11 Å². The summed E-state index contributed by atoms with van der Waals surface area (Å²) < 4.78 is 12.8. The van der Waals surface area contributed by atoms with Crippen LogP contribution in [0.5, 0.6) is 0 Å². The van der Waals surface area contributed by atoms with Crippen LogP contribution in [0.3, 0.4) is 0 Å². The molecule has 78 valence electrons. The van der Waals surface area contributed by atoms with E-state index >= 15 is 0 Å². The number of aliphatic hydroxyl groups is 1.